The Morgan fingerprint density at radius 3 is 2.56 bits per heavy atom. The van der Waals surface area contributed by atoms with Crippen molar-refractivity contribution in [2.45, 2.75) is 38.4 Å². The number of hydrogen-bond acceptors (Lipinski definition) is 4. The Morgan fingerprint density at radius 1 is 1.12 bits per heavy atom. The average Bonchev–Trinajstić information content (AvgIpc) is 3.32. The molecule has 1 aliphatic heterocycles. The van der Waals surface area contributed by atoms with Crippen LogP contribution in [0.4, 0.5) is 13.2 Å². The molecule has 1 aromatic heterocycles. The summed E-state index contributed by atoms with van der Waals surface area (Å²) in [7, 11) is 0. The number of aryl methyl sites for hydroxylation is 1. The first kappa shape index (κ1) is 23.9. The number of piperidine rings is 1. The summed E-state index contributed by atoms with van der Waals surface area (Å²) in [6.07, 6.45) is -3.42. The van der Waals surface area contributed by atoms with Gasteiger partial charge in [-0.2, -0.15) is 13.2 Å². The zero-order valence-electron chi connectivity index (χ0n) is 18.6. The van der Waals surface area contributed by atoms with Gasteiger partial charge in [-0.1, -0.05) is 42.0 Å². The van der Waals surface area contributed by atoms with E-state index in [-0.39, 0.29) is 17.4 Å². The molecule has 34 heavy (non-hydrogen) atoms. The van der Waals surface area contributed by atoms with Crippen LogP contribution in [-0.2, 0) is 12.7 Å². The number of halogens is 3. The van der Waals surface area contributed by atoms with E-state index in [2.05, 4.69) is 10.3 Å². The minimum atomic E-state index is -4.58. The van der Waals surface area contributed by atoms with Crippen molar-refractivity contribution in [2.75, 3.05) is 13.1 Å². The summed E-state index contributed by atoms with van der Waals surface area (Å²) in [5.41, 5.74) is 1.24. The normalized spacial score (nSPS) is 14.8. The molecule has 0 aliphatic carbocycles. The highest BCUT2D eigenvalue weighted by atomic mass is 32.1. The molecule has 0 bridgehead atoms. The smallest absolute Gasteiger partial charge is 0.347 e. The fourth-order valence-corrected chi connectivity index (χ4v) is 5.06. The lowest BCUT2D eigenvalue weighted by Crippen LogP contribution is -2.38. The van der Waals surface area contributed by atoms with E-state index in [0.717, 1.165) is 22.2 Å². The first-order valence-corrected chi connectivity index (χ1v) is 11.8. The van der Waals surface area contributed by atoms with Gasteiger partial charge in [0.25, 0.3) is 11.8 Å². The molecule has 9 heteroatoms. The molecule has 2 heterocycles. The number of alkyl halides is 3. The number of likely N-dealkylation sites (tertiary alicyclic amines) is 1. The third-order valence-corrected chi connectivity index (χ3v) is 6.89. The molecule has 0 radical (unpaired) electrons. The van der Waals surface area contributed by atoms with Crippen molar-refractivity contribution in [3.8, 4) is 0 Å². The molecule has 4 rings (SSSR count). The number of rotatable bonds is 5. The maximum absolute atomic E-state index is 13.3. The Kier molecular flexibility index (Phi) is 7.02. The maximum Gasteiger partial charge on any atom is 0.417 e. The van der Waals surface area contributed by atoms with E-state index >= 15 is 0 Å². The lowest BCUT2D eigenvalue weighted by molar-refractivity contribution is -0.138. The number of nitrogens with one attached hydrogen (secondary N) is 1. The second kappa shape index (κ2) is 9.97. The molecule has 1 saturated heterocycles. The van der Waals surface area contributed by atoms with E-state index in [9.17, 15) is 22.8 Å². The van der Waals surface area contributed by atoms with Gasteiger partial charge in [0.15, 0.2) is 0 Å². The van der Waals surface area contributed by atoms with Crippen LogP contribution in [0.5, 0.6) is 0 Å². The highest BCUT2D eigenvalue weighted by Gasteiger charge is 2.36. The third-order valence-electron chi connectivity index (χ3n) is 5.88. The van der Waals surface area contributed by atoms with E-state index in [1.54, 1.807) is 5.38 Å². The topological polar surface area (TPSA) is 62.3 Å². The molecule has 5 nitrogen and oxygen atoms in total. The Hall–Kier alpha value is -3.20. The Balaban J connectivity index is 1.34. The number of hydrogen-bond donors (Lipinski definition) is 1. The van der Waals surface area contributed by atoms with E-state index in [4.69, 9.17) is 0 Å². The van der Waals surface area contributed by atoms with Crippen molar-refractivity contribution in [3.05, 3.63) is 86.9 Å². The molecule has 1 N–H and O–H groups in total. The van der Waals surface area contributed by atoms with Crippen LogP contribution in [0.25, 0.3) is 0 Å². The summed E-state index contributed by atoms with van der Waals surface area (Å²) in [5.74, 6) is -0.799. The van der Waals surface area contributed by atoms with Crippen LogP contribution < -0.4 is 5.32 Å². The maximum atomic E-state index is 13.3. The first-order valence-electron chi connectivity index (χ1n) is 11.0. The predicted molar refractivity (Wildman–Crippen MR) is 124 cm³/mol. The van der Waals surface area contributed by atoms with Crippen LogP contribution in [0.1, 0.15) is 61.3 Å². The van der Waals surface area contributed by atoms with Gasteiger partial charge < -0.3 is 10.2 Å². The standard InChI is InChI=1S/C25H24F3N3O2S/c1-16-5-4-6-17(13-16)14-29-22(32)21-15-34-23(30-21)18-9-11-31(12-10-18)24(33)19-7-2-3-8-20(19)25(26,27)28/h2-8,13,15,18H,9-12,14H2,1H3,(H,29,32). The fourth-order valence-electron chi connectivity index (χ4n) is 4.09. The average molecular weight is 488 g/mol. The fraction of sp³-hybridized carbons (Fsp3) is 0.320. The molecular weight excluding hydrogens is 463 g/mol. The Morgan fingerprint density at radius 2 is 1.85 bits per heavy atom. The highest BCUT2D eigenvalue weighted by molar-refractivity contribution is 7.09. The van der Waals surface area contributed by atoms with Crippen LogP contribution in [0, 0.1) is 6.92 Å². The molecule has 2 amide bonds. The molecule has 0 atom stereocenters. The molecule has 3 aromatic rings. The number of carbonyl (C=O) groups excluding carboxylic acids is 2. The highest BCUT2D eigenvalue weighted by Crippen LogP contribution is 2.34. The predicted octanol–water partition coefficient (Wildman–Crippen LogP) is 5.42. The first-order chi connectivity index (χ1) is 16.2. The molecule has 0 spiro atoms. The quantitative estimate of drug-likeness (QED) is 0.523. The lowest BCUT2D eigenvalue weighted by atomic mass is 9.96. The number of carbonyl (C=O) groups is 2. The molecule has 2 aromatic carbocycles. The van der Waals surface area contributed by atoms with Crippen LogP contribution in [0.15, 0.2) is 53.9 Å². The second-order valence-corrected chi connectivity index (χ2v) is 9.24. The van der Waals surface area contributed by atoms with Gasteiger partial charge in [-0.05, 0) is 37.5 Å². The summed E-state index contributed by atoms with van der Waals surface area (Å²) in [6.45, 7) is 3.08. The lowest BCUT2D eigenvalue weighted by Gasteiger charge is -2.31. The molecule has 0 saturated carbocycles. The molecular formula is C25H24F3N3O2S. The van der Waals surface area contributed by atoms with Crippen molar-refractivity contribution in [2.24, 2.45) is 0 Å². The van der Waals surface area contributed by atoms with Crippen molar-refractivity contribution >= 4 is 23.2 Å². The van der Waals surface area contributed by atoms with Crippen molar-refractivity contribution in [1.29, 1.82) is 0 Å². The van der Waals surface area contributed by atoms with Gasteiger partial charge in [0.05, 0.1) is 16.1 Å². The van der Waals surface area contributed by atoms with Gasteiger partial charge in [0, 0.05) is 30.9 Å². The number of nitrogens with zero attached hydrogens (tertiary/aromatic N) is 2. The summed E-state index contributed by atoms with van der Waals surface area (Å²) < 4.78 is 39.9. The van der Waals surface area contributed by atoms with E-state index in [1.165, 1.54) is 34.4 Å². The van der Waals surface area contributed by atoms with Gasteiger partial charge in [0.2, 0.25) is 0 Å². The van der Waals surface area contributed by atoms with Crippen LogP contribution in [0.2, 0.25) is 0 Å². The van der Waals surface area contributed by atoms with Crippen molar-refractivity contribution in [1.82, 2.24) is 15.2 Å². The number of amides is 2. The largest absolute Gasteiger partial charge is 0.417 e. The SMILES string of the molecule is Cc1cccc(CNC(=O)c2csc(C3CCN(C(=O)c4ccccc4C(F)(F)F)CC3)n2)c1. The number of thiazole rings is 1. The van der Waals surface area contributed by atoms with E-state index < -0.39 is 17.6 Å². The van der Waals surface area contributed by atoms with Gasteiger partial charge in [-0.15, -0.1) is 11.3 Å². The monoisotopic (exact) mass is 487 g/mol. The Labute approximate surface area is 199 Å². The zero-order chi connectivity index (χ0) is 24.3. The molecule has 1 fully saturated rings. The minimum Gasteiger partial charge on any atom is -0.347 e. The number of benzene rings is 2. The van der Waals surface area contributed by atoms with Crippen molar-refractivity contribution in [3.63, 3.8) is 0 Å². The molecule has 1 aliphatic rings. The van der Waals surface area contributed by atoms with Crippen LogP contribution in [-0.4, -0.2) is 34.8 Å². The third kappa shape index (κ3) is 5.47. The summed E-state index contributed by atoms with van der Waals surface area (Å²) in [4.78, 5) is 31.2. The van der Waals surface area contributed by atoms with Crippen molar-refractivity contribution < 1.29 is 22.8 Å². The zero-order valence-corrected chi connectivity index (χ0v) is 19.4. The summed E-state index contributed by atoms with van der Waals surface area (Å²) >= 11 is 1.40. The van der Waals surface area contributed by atoms with Crippen LogP contribution in [0.3, 0.4) is 0 Å². The van der Waals surface area contributed by atoms with Gasteiger partial charge in [-0.25, -0.2) is 4.98 Å². The van der Waals surface area contributed by atoms with Gasteiger partial charge >= 0.3 is 6.18 Å². The minimum absolute atomic E-state index is 0.0604. The second-order valence-electron chi connectivity index (χ2n) is 8.35. The number of aromatic nitrogens is 1. The molecule has 0 unspecified atom stereocenters. The summed E-state index contributed by atoms with van der Waals surface area (Å²) in [5, 5.41) is 5.41. The van der Waals surface area contributed by atoms with Gasteiger partial charge in [-0.3, -0.25) is 9.59 Å². The van der Waals surface area contributed by atoms with Gasteiger partial charge in [0.1, 0.15) is 5.69 Å². The Bertz CT molecular complexity index is 1180. The van der Waals surface area contributed by atoms with Crippen LogP contribution >= 0.6 is 11.3 Å². The van der Waals surface area contributed by atoms with E-state index in [1.807, 2.05) is 31.2 Å². The summed E-state index contributed by atoms with van der Waals surface area (Å²) in [6, 6.07) is 12.8. The molecule has 178 valence electrons. The van der Waals surface area contributed by atoms with E-state index in [0.29, 0.717) is 38.2 Å².